The lowest BCUT2D eigenvalue weighted by Crippen LogP contribution is -2.52. The molecule has 0 unspecified atom stereocenters. The van der Waals surface area contributed by atoms with E-state index in [4.69, 9.17) is 0 Å². The molecule has 0 aromatic heterocycles. The van der Waals surface area contributed by atoms with Gasteiger partial charge >= 0.3 is 0 Å². The SMILES string of the molecule is Cc1ccc(CSCC(=O)N(Cc2ccc(C)cc2)[C@@H](Cc2ccccc2)C(=O)NC2CCCC2)cc1. The van der Waals surface area contributed by atoms with Gasteiger partial charge in [0.15, 0.2) is 0 Å². The Morgan fingerprint density at radius 1 is 0.838 bits per heavy atom. The normalized spacial score (nSPS) is 14.3. The van der Waals surface area contributed by atoms with Crippen LogP contribution in [0.5, 0.6) is 0 Å². The number of aryl methyl sites for hydroxylation is 2. The van der Waals surface area contributed by atoms with Crippen LogP contribution in [0.2, 0.25) is 0 Å². The van der Waals surface area contributed by atoms with Gasteiger partial charge in [-0.05, 0) is 43.4 Å². The van der Waals surface area contributed by atoms with E-state index in [1.807, 2.05) is 35.2 Å². The Morgan fingerprint density at radius 2 is 1.43 bits per heavy atom. The summed E-state index contributed by atoms with van der Waals surface area (Å²) in [7, 11) is 0. The van der Waals surface area contributed by atoms with Crippen molar-refractivity contribution in [1.82, 2.24) is 10.2 Å². The smallest absolute Gasteiger partial charge is 0.243 e. The van der Waals surface area contributed by atoms with Crippen LogP contribution in [0.3, 0.4) is 0 Å². The molecule has 0 spiro atoms. The van der Waals surface area contributed by atoms with Crippen LogP contribution in [0.15, 0.2) is 78.9 Å². The minimum Gasteiger partial charge on any atom is -0.352 e. The van der Waals surface area contributed by atoms with E-state index in [-0.39, 0.29) is 17.9 Å². The molecule has 0 radical (unpaired) electrons. The van der Waals surface area contributed by atoms with Crippen molar-refractivity contribution in [1.29, 1.82) is 0 Å². The lowest BCUT2D eigenvalue weighted by Gasteiger charge is -2.32. The molecule has 1 aliphatic carbocycles. The maximum Gasteiger partial charge on any atom is 0.243 e. The molecule has 3 aromatic rings. The van der Waals surface area contributed by atoms with Crippen LogP contribution in [0, 0.1) is 13.8 Å². The third-order valence-electron chi connectivity index (χ3n) is 7.06. The molecule has 37 heavy (non-hydrogen) atoms. The van der Waals surface area contributed by atoms with E-state index in [0.717, 1.165) is 42.6 Å². The first-order valence-corrected chi connectivity index (χ1v) is 14.5. The monoisotopic (exact) mass is 514 g/mol. The molecule has 2 amide bonds. The molecule has 5 heteroatoms. The third-order valence-corrected chi connectivity index (χ3v) is 8.05. The Morgan fingerprint density at radius 3 is 2.05 bits per heavy atom. The molecule has 0 saturated heterocycles. The van der Waals surface area contributed by atoms with E-state index in [2.05, 4.69) is 67.7 Å². The van der Waals surface area contributed by atoms with Gasteiger partial charge in [-0.3, -0.25) is 9.59 Å². The molecule has 4 nitrogen and oxygen atoms in total. The van der Waals surface area contributed by atoms with Gasteiger partial charge in [0.25, 0.3) is 0 Å². The summed E-state index contributed by atoms with van der Waals surface area (Å²) in [6.45, 7) is 4.55. The molecule has 0 bridgehead atoms. The first-order valence-electron chi connectivity index (χ1n) is 13.3. The average molecular weight is 515 g/mol. The zero-order chi connectivity index (χ0) is 26.0. The van der Waals surface area contributed by atoms with Crippen molar-refractivity contribution in [2.75, 3.05) is 5.75 Å². The van der Waals surface area contributed by atoms with Gasteiger partial charge in [-0.1, -0.05) is 103 Å². The van der Waals surface area contributed by atoms with E-state index in [9.17, 15) is 9.59 Å². The van der Waals surface area contributed by atoms with Crippen molar-refractivity contribution in [2.24, 2.45) is 0 Å². The molecule has 1 saturated carbocycles. The van der Waals surface area contributed by atoms with Crippen LogP contribution in [0.25, 0.3) is 0 Å². The summed E-state index contributed by atoms with van der Waals surface area (Å²) in [4.78, 5) is 29.3. The quantitative estimate of drug-likeness (QED) is 0.330. The lowest BCUT2D eigenvalue weighted by atomic mass is 10.0. The predicted octanol–water partition coefficient (Wildman–Crippen LogP) is 6.24. The number of carbonyl (C=O) groups excluding carboxylic acids is 2. The van der Waals surface area contributed by atoms with E-state index in [1.165, 1.54) is 16.7 Å². The van der Waals surface area contributed by atoms with Gasteiger partial charge in [0.2, 0.25) is 11.8 Å². The Bertz CT molecular complexity index is 1140. The molecule has 1 aliphatic rings. The molecule has 3 aromatic carbocycles. The first kappa shape index (κ1) is 27.0. The summed E-state index contributed by atoms with van der Waals surface area (Å²) < 4.78 is 0. The molecule has 0 heterocycles. The Balaban J connectivity index is 1.55. The lowest BCUT2D eigenvalue weighted by molar-refractivity contribution is -0.139. The van der Waals surface area contributed by atoms with Crippen molar-refractivity contribution in [3.63, 3.8) is 0 Å². The van der Waals surface area contributed by atoms with Crippen LogP contribution in [0.4, 0.5) is 0 Å². The number of hydrogen-bond donors (Lipinski definition) is 1. The van der Waals surface area contributed by atoms with Crippen molar-refractivity contribution in [3.05, 3.63) is 107 Å². The fraction of sp³-hybridized carbons (Fsp3) is 0.375. The summed E-state index contributed by atoms with van der Waals surface area (Å²) in [6.07, 6.45) is 4.83. The van der Waals surface area contributed by atoms with Gasteiger partial charge in [-0.2, -0.15) is 0 Å². The minimum atomic E-state index is -0.559. The summed E-state index contributed by atoms with van der Waals surface area (Å²) in [5.74, 6) is 1.06. The molecule has 1 atom stereocenters. The number of rotatable bonds is 11. The second kappa shape index (κ2) is 13.5. The number of nitrogens with zero attached hydrogens (tertiary/aromatic N) is 1. The third kappa shape index (κ3) is 8.22. The zero-order valence-electron chi connectivity index (χ0n) is 22.0. The summed E-state index contributed by atoms with van der Waals surface area (Å²) in [5.41, 5.74) is 5.70. The maximum absolute atomic E-state index is 13.8. The van der Waals surface area contributed by atoms with Gasteiger partial charge in [0.05, 0.1) is 5.75 Å². The summed E-state index contributed by atoms with van der Waals surface area (Å²) in [6, 6.07) is 26.4. The second-order valence-corrected chi connectivity index (χ2v) is 11.2. The molecule has 1 fully saturated rings. The van der Waals surface area contributed by atoms with E-state index in [0.29, 0.717) is 18.7 Å². The van der Waals surface area contributed by atoms with Crippen LogP contribution >= 0.6 is 11.8 Å². The number of nitrogens with one attached hydrogen (secondary N) is 1. The number of thioether (sulfide) groups is 1. The number of hydrogen-bond acceptors (Lipinski definition) is 3. The largest absolute Gasteiger partial charge is 0.352 e. The summed E-state index contributed by atoms with van der Waals surface area (Å²) >= 11 is 1.61. The topological polar surface area (TPSA) is 49.4 Å². The van der Waals surface area contributed by atoms with E-state index < -0.39 is 6.04 Å². The van der Waals surface area contributed by atoms with Gasteiger partial charge in [0, 0.05) is 24.8 Å². The van der Waals surface area contributed by atoms with Gasteiger partial charge in [-0.15, -0.1) is 11.8 Å². The Kier molecular flexibility index (Phi) is 9.84. The van der Waals surface area contributed by atoms with Crippen molar-refractivity contribution < 1.29 is 9.59 Å². The standard InChI is InChI=1S/C32H38N2O2S/c1-24-12-16-27(17-13-24)21-34(31(35)23-37-22-28-18-14-25(2)15-19-28)30(20-26-8-4-3-5-9-26)32(36)33-29-10-6-7-11-29/h3-5,8-9,12-19,29-30H,6-7,10-11,20-23H2,1-2H3,(H,33,36)/t30-/m0/s1. The first-order chi connectivity index (χ1) is 18.0. The van der Waals surface area contributed by atoms with Crippen LogP contribution < -0.4 is 5.32 Å². The predicted molar refractivity (Wildman–Crippen MR) is 153 cm³/mol. The molecule has 194 valence electrons. The molecular weight excluding hydrogens is 476 g/mol. The highest BCUT2D eigenvalue weighted by atomic mass is 32.2. The van der Waals surface area contributed by atoms with Crippen LogP contribution in [-0.2, 0) is 28.3 Å². The average Bonchev–Trinajstić information content (AvgIpc) is 3.42. The fourth-order valence-corrected chi connectivity index (χ4v) is 5.71. The highest BCUT2D eigenvalue weighted by Crippen LogP contribution is 2.21. The highest BCUT2D eigenvalue weighted by molar-refractivity contribution is 7.99. The maximum atomic E-state index is 13.8. The van der Waals surface area contributed by atoms with Gasteiger partial charge in [0.1, 0.15) is 6.04 Å². The Hall–Kier alpha value is -3.05. The molecule has 4 rings (SSSR count). The van der Waals surface area contributed by atoms with Crippen LogP contribution in [-0.4, -0.2) is 34.6 Å². The Labute approximate surface area is 225 Å². The van der Waals surface area contributed by atoms with E-state index >= 15 is 0 Å². The fourth-order valence-electron chi connectivity index (χ4n) is 4.84. The molecule has 0 aliphatic heterocycles. The summed E-state index contributed by atoms with van der Waals surface area (Å²) in [5, 5.41) is 3.28. The zero-order valence-corrected chi connectivity index (χ0v) is 22.8. The van der Waals surface area contributed by atoms with Crippen molar-refractivity contribution in [3.8, 4) is 0 Å². The van der Waals surface area contributed by atoms with Gasteiger partial charge < -0.3 is 10.2 Å². The van der Waals surface area contributed by atoms with Crippen LogP contribution in [0.1, 0.15) is 53.5 Å². The van der Waals surface area contributed by atoms with E-state index in [1.54, 1.807) is 11.8 Å². The number of amides is 2. The molecular formula is C32H38N2O2S. The second-order valence-electron chi connectivity index (χ2n) is 10.2. The number of benzene rings is 3. The molecule has 1 N–H and O–H groups in total. The van der Waals surface area contributed by atoms with Gasteiger partial charge in [-0.25, -0.2) is 0 Å². The number of carbonyl (C=O) groups is 2. The van der Waals surface area contributed by atoms with Crippen molar-refractivity contribution in [2.45, 2.75) is 70.3 Å². The highest BCUT2D eigenvalue weighted by Gasteiger charge is 2.32. The minimum absolute atomic E-state index is 0.000176. The van der Waals surface area contributed by atoms with Crippen molar-refractivity contribution >= 4 is 23.6 Å².